The van der Waals surface area contributed by atoms with Crippen molar-refractivity contribution in [1.82, 2.24) is 24.9 Å². The number of piperidine rings is 1. The zero-order valence-electron chi connectivity index (χ0n) is 12.8. The predicted octanol–water partition coefficient (Wildman–Crippen LogP) is 1.52. The van der Waals surface area contributed by atoms with Gasteiger partial charge in [0.15, 0.2) is 5.82 Å². The molecule has 23 heavy (non-hydrogen) atoms. The molecule has 6 rings (SSSR count). The highest BCUT2D eigenvalue weighted by atomic mass is 15.4. The fourth-order valence-electron chi connectivity index (χ4n) is 3.82. The van der Waals surface area contributed by atoms with Crippen LogP contribution in [-0.2, 0) is 0 Å². The molecule has 0 aliphatic carbocycles. The molecule has 2 atom stereocenters. The van der Waals surface area contributed by atoms with Crippen LogP contribution >= 0.6 is 0 Å². The topological polar surface area (TPSA) is 73.8 Å². The fraction of sp³-hybridized carbons (Fsp3) is 0.375. The van der Waals surface area contributed by atoms with E-state index in [9.17, 15) is 0 Å². The van der Waals surface area contributed by atoms with E-state index in [1.165, 1.54) is 6.42 Å². The number of H-pyrrole nitrogens is 1. The third-order valence-electron chi connectivity index (χ3n) is 4.85. The number of piperazine rings is 1. The van der Waals surface area contributed by atoms with Crippen LogP contribution in [-0.4, -0.2) is 50.1 Å². The van der Waals surface area contributed by atoms with Crippen molar-refractivity contribution in [3.63, 3.8) is 0 Å². The van der Waals surface area contributed by atoms with Crippen LogP contribution in [0, 0.1) is 6.92 Å². The van der Waals surface area contributed by atoms with Gasteiger partial charge in [0, 0.05) is 25.5 Å². The largest absolute Gasteiger partial charge is 0.357 e. The highest BCUT2D eigenvalue weighted by molar-refractivity contribution is 5.86. The molecule has 2 bridgehead atoms. The van der Waals surface area contributed by atoms with Crippen molar-refractivity contribution in [2.75, 3.05) is 22.9 Å². The Balaban J connectivity index is 1.44. The summed E-state index contributed by atoms with van der Waals surface area (Å²) in [5.74, 6) is 2.88. The molecule has 7 heteroatoms. The van der Waals surface area contributed by atoms with E-state index in [4.69, 9.17) is 0 Å². The van der Waals surface area contributed by atoms with Gasteiger partial charge in [0.25, 0.3) is 0 Å². The van der Waals surface area contributed by atoms with Crippen molar-refractivity contribution >= 4 is 22.7 Å². The van der Waals surface area contributed by atoms with Crippen LogP contribution in [0.2, 0.25) is 0 Å². The van der Waals surface area contributed by atoms with Gasteiger partial charge < -0.3 is 14.8 Å². The molecule has 0 radical (unpaired) electrons. The van der Waals surface area contributed by atoms with Crippen LogP contribution in [0.5, 0.6) is 0 Å². The van der Waals surface area contributed by atoms with E-state index in [-0.39, 0.29) is 0 Å². The molecule has 3 aliphatic rings. The lowest BCUT2D eigenvalue weighted by atomic mass is 9.87. The third kappa shape index (κ3) is 1.89. The molecule has 6 heterocycles. The van der Waals surface area contributed by atoms with Gasteiger partial charge in [-0.2, -0.15) is 0 Å². The van der Waals surface area contributed by atoms with E-state index in [1.807, 2.05) is 31.5 Å². The fourth-order valence-corrected chi connectivity index (χ4v) is 3.82. The Bertz CT molecular complexity index is 862. The van der Waals surface area contributed by atoms with Crippen LogP contribution in [0.4, 0.5) is 11.6 Å². The lowest BCUT2D eigenvalue weighted by molar-refractivity contribution is 0.288. The summed E-state index contributed by atoms with van der Waals surface area (Å²) in [7, 11) is 0. The maximum atomic E-state index is 4.56. The number of aromatic nitrogens is 5. The Labute approximate surface area is 133 Å². The number of anilines is 2. The lowest BCUT2D eigenvalue weighted by Gasteiger charge is -2.57. The van der Waals surface area contributed by atoms with Crippen molar-refractivity contribution in [2.45, 2.75) is 25.4 Å². The second-order valence-corrected chi connectivity index (χ2v) is 6.25. The van der Waals surface area contributed by atoms with Crippen LogP contribution in [0.1, 0.15) is 12.2 Å². The lowest BCUT2D eigenvalue weighted by Crippen LogP contribution is -2.69. The predicted molar refractivity (Wildman–Crippen MR) is 87.5 cm³/mol. The summed E-state index contributed by atoms with van der Waals surface area (Å²) >= 11 is 0. The summed E-state index contributed by atoms with van der Waals surface area (Å²) in [4.78, 5) is 25.7. The first kappa shape index (κ1) is 12.8. The van der Waals surface area contributed by atoms with E-state index < -0.39 is 0 Å². The molecule has 3 aromatic heterocycles. The number of nitrogens with one attached hydrogen (secondary N) is 1. The third-order valence-corrected chi connectivity index (χ3v) is 4.85. The second-order valence-electron chi connectivity index (χ2n) is 6.25. The Morgan fingerprint density at radius 1 is 1.13 bits per heavy atom. The number of aryl methyl sites for hydroxylation is 1. The molecule has 0 spiro atoms. The van der Waals surface area contributed by atoms with Crippen LogP contribution < -0.4 is 9.80 Å². The minimum absolute atomic E-state index is 0.477. The number of fused-ring (bicyclic) bond motifs is 3. The van der Waals surface area contributed by atoms with Crippen LogP contribution in [0.15, 0.2) is 30.9 Å². The van der Waals surface area contributed by atoms with Gasteiger partial charge in [0.2, 0.25) is 0 Å². The summed E-state index contributed by atoms with van der Waals surface area (Å²) in [6, 6.07) is 4.94. The molecule has 0 aromatic carbocycles. The number of rotatable bonds is 2. The number of nitrogens with zero attached hydrogens (tertiary/aromatic N) is 6. The minimum Gasteiger partial charge on any atom is -0.357 e. The molecule has 116 valence electrons. The van der Waals surface area contributed by atoms with E-state index in [2.05, 4.69) is 34.7 Å². The zero-order chi connectivity index (χ0) is 15.4. The molecule has 7 nitrogen and oxygen atoms in total. The van der Waals surface area contributed by atoms with Gasteiger partial charge in [-0.25, -0.2) is 19.9 Å². The monoisotopic (exact) mass is 307 g/mol. The Kier molecular flexibility index (Phi) is 2.59. The summed E-state index contributed by atoms with van der Waals surface area (Å²) in [5, 5.41) is 0. The average Bonchev–Trinajstić information content (AvgIpc) is 3.04. The molecule has 3 aliphatic heterocycles. The van der Waals surface area contributed by atoms with Gasteiger partial charge in [0.05, 0.1) is 17.6 Å². The molecule has 3 fully saturated rings. The van der Waals surface area contributed by atoms with Gasteiger partial charge in [0.1, 0.15) is 23.5 Å². The normalized spacial score (nSPS) is 23.2. The molecular weight excluding hydrogens is 290 g/mol. The van der Waals surface area contributed by atoms with Crippen molar-refractivity contribution in [2.24, 2.45) is 0 Å². The van der Waals surface area contributed by atoms with E-state index in [0.29, 0.717) is 12.1 Å². The van der Waals surface area contributed by atoms with Gasteiger partial charge >= 0.3 is 0 Å². The van der Waals surface area contributed by atoms with Gasteiger partial charge in [-0.1, -0.05) is 0 Å². The van der Waals surface area contributed by atoms with Crippen molar-refractivity contribution in [1.29, 1.82) is 0 Å². The van der Waals surface area contributed by atoms with E-state index in [0.717, 1.165) is 41.6 Å². The number of hydrogen-bond donors (Lipinski definition) is 1. The highest BCUT2D eigenvalue weighted by Gasteiger charge is 2.46. The molecule has 0 amide bonds. The number of aromatic amines is 1. The first-order valence-corrected chi connectivity index (χ1v) is 7.90. The Morgan fingerprint density at radius 3 is 2.83 bits per heavy atom. The van der Waals surface area contributed by atoms with Crippen molar-refractivity contribution in [3.8, 4) is 0 Å². The van der Waals surface area contributed by atoms with Crippen molar-refractivity contribution in [3.05, 3.63) is 36.7 Å². The van der Waals surface area contributed by atoms with Crippen LogP contribution in [0.3, 0.4) is 0 Å². The summed E-state index contributed by atoms with van der Waals surface area (Å²) < 4.78 is 0. The smallest absolute Gasteiger partial charge is 0.157 e. The molecule has 1 N–H and O–H groups in total. The maximum Gasteiger partial charge on any atom is 0.157 e. The molecule has 3 aromatic rings. The molecular formula is C16H17N7. The summed E-state index contributed by atoms with van der Waals surface area (Å²) in [5.41, 5.74) is 2.01. The SMILES string of the molecule is Cc1nccc(N2CC3CC(C2)N3c2ncnc3cc[nH]c23)n1. The van der Waals surface area contributed by atoms with Crippen LogP contribution in [0.25, 0.3) is 11.0 Å². The Morgan fingerprint density at radius 2 is 2.00 bits per heavy atom. The second kappa shape index (κ2) is 4.65. The zero-order valence-corrected chi connectivity index (χ0v) is 12.8. The first-order valence-electron chi connectivity index (χ1n) is 7.90. The summed E-state index contributed by atoms with van der Waals surface area (Å²) in [6.07, 6.45) is 6.63. The standard InChI is InChI=1S/C16H17N7/c1-10-17-5-3-14(21-10)22-7-11-6-12(8-22)23(11)16-15-13(2-4-18-15)19-9-20-16/h2-5,9,11-12,18H,6-8H2,1H3. The molecule has 2 unspecified atom stereocenters. The van der Waals surface area contributed by atoms with Gasteiger partial charge in [-0.15, -0.1) is 0 Å². The maximum absolute atomic E-state index is 4.56. The molecule has 0 saturated carbocycles. The highest BCUT2D eigenvalue weighted by Crippen LogP contribution is 2.39. The number of hydrogen-bond acceptors (Lipinski definition) is 6. The van der Waals surface area contributed by atoms with E-state index in [1.54, 1.807) is 6.33 Å². The van der Waals surface area contributed by atoms with Gasteiger partial charge in [-0.3, -0.25) is 0 Å². The Hall–Kier alpha value is -2.70. The summed E-state index contributed by atoms with van der Waals surface area (Å²) in [6.45, 7) is 3.88. The molecule has 3 saturated heterocycles. The van der Waals surface area contributed by atoms with E-state index >= 15 is 0 Å². The minimum atomic E-state index is 0.477. The quantitative estimate of drug-likeness (QED) is 0.774. The average molecular weight is 307 g/mol. The van der Waals surface area contributed by atoms with Gasteiger partial charge in [-0.05, 0) is 25.5 Å². The first-order chi connectivity index (χ1) is 11.3. The van der Waals surface area contributed by atoms with Crippen molar-refractivity contribution < 1.29 is 0 Å².